The molecule has 1 atom stereocenters. The number of aromatic nitrogens is 1. The monoisotopic (exact) mass is 313 g/mol. The molecule has 0 spiro atoms. The van der Waals surface area contributed by atoms with Crippen molar-refractivity contribution in [3.05, 3.63) is 45.8 Å². The van der Waals surface area contributed by atoms with E-state index >= 15 is 0 Å². The molecule has 0 amide bonds. The van der Waals surface area contributed by atoms with Crippen molar-refractivity contribution in [3.8, 4) is 0 Å². The first kappa shape index (κ1) is 16.2. The summed E-state index contributed by atoms with van der Waals surface area (Å²) in [4.78, 5) is 33.8. The molecule has 1 aliphatic heterocycles. The number of morpholine rings is 1. The molecule has 1 saturated heterocycles. The fourth-order valence-corrected chi connectivity index (χ4v) is 3.72. The summed E-state index contributed by atoms with van der Waals surface area (Å²) in [6.45, 7) is 2.80. The summed E-state index contributed by atoms with van der Waals surface area (Å²) in [5, 5.41) is 3.24. The molecule has 0 saturated carbocycles. The number of pyridine rings is 1. The minimum absolute atomic E-state index is 0.0646. The van der Waals surface area contributed by atoms with Gasteiger partial charge in [0.25, 0.3) is 7.72 Å². The van der Waals surface area contributed by atoms with Crippen LogP contribution in [-0.2, 0) is 4.74 Å². The minimum Gasteiger partial charge on any atom is -0.491 e. The molecule has 2 rings (SSSR count). The highest BCUT2D eigenvalue weighted by Crippen LogP contribution is 2.53. The Morgan fingerprint density at radius 1 is 1.52 bits per heavy atom. The summed E-state index contributed by atoms with van der Waals surface area (Å²) in [6.07, 6.45) is 3.71. The SMILES string of the molecule is CCCC[P+](O)(O)C=C1CN[C@H](c2cc[nH]c(=O)c2)CO1. The third-order valence-electron chi connectivity index (χ3n) is 3.35. The van der Waals surface area contributed by atoms with Crippen LogP contribution in [0.15, 0.2) is 34.7 Å². The molecule has 1 fully saturated rings. The van der Waals surface area contributed by atoms with Gasteiger partial charge in [-0.2, -0.15) is 0 Å². The van der Waals surface area contributed by atoms with Crippen LogP contribution in [0.5, 0.6) is 0 Å². The molecule has 6 nitrogen and oxygen atoms in total. The van der Waals surface area contributed by atoms with Crippen molar-refractivity contribution in [2.75, 3.05) is 19.3 Å². The van der Waals surface area contributed by atoms with E-state index in [1.807, 2.05) is 13.0 Å². The molecule has 0 aliphatic carbocycles. The molecule has 2 heterocycles. The molecule has 0 bridgehead atoms. The van der Waals surface area contributed by atoms with Crippen LogP contribution < -0.4 is 10.9 Å². The van der Waals surface area contributed by atoms with Gasteiger partial charge in [0.1, 0.15) is 18.5 Å². The van der Waals surface area contributed by atoms with Gasteiger partial charge in [-0.15, -0.1) is 0 Å². The van der Waals surface area contributed by atoms with Crippen molar-refractivity contribution >= 4 is 7.72 Å². The van der Waals surface area contributed by atoms with Crippen LogP contribution in [-0.4, -0.2) is 34.1 Å². The second-order valence-corrected chi connectivity index (χ2v) is 7.47. The average molecular weight is 313 g/mol. The second-order valence-electron chi connectivity index (χ2n) is 5.19. The van der Waals surface area contributed by atoms with E-state index in [0.29, 0.717) is 25.1 Å². The Kier molecular flexibility index (Phi) is 5.53. The van der Waals surface area contributed by atoms with Crippen molar-refractivity contribution in [3.63, 3.8) is 0 Å². The zero-order chi connectivity index (χ0) is 15.3. The third kappa shape index (κ3) is 4.93. The number of hydrogen-bond donors (Lipinski definition) is 4. The fraction of sp³-hybridized carbons (Fsp3) is 0.500. The van der Waals surface area contributed by atoms with E-state index in [0.717, 1.165) is 18.4 Å². The van der Waals surface area contributed by atoms with Gasteiger partial charge in [-0.25, -0.2) is 9.79 Å². The molecule has 116 valence electrons. The maximum Gasteiger partial charge on any atom is 0.296 e. The van der Waals surface area contributed by atoms with E-state index in [-0.39, 0.29) is 11.6 Å². The van der Waals surface area contributed by atoms with Gasteiger partial charge >= 0.3 is 0 Å². The van der Waals surface area contributed by atoms with Gasteiger partial charge in [0, 0.05) is 12.3 Å². The second kappa shape index (κ2) is 7.18. The van der Waals surface area contributed by atoms with Gasteiger partial charge in [0.2, 0.25) is 5.56 Å². The third-order valence-corrected chi connectivity index (χ3v) is 5.03. The molecule has 0 radical (unpaired) electrons. The normalized spacial score (nSPS) is 21.3. The number of hydrogen-bond acceptors (Lipinski definition) is 5. The Bertz CT molecular complexity index is 546. The summed E-state index contributed by atoms with van der Waals surface area (Å²) in [7, 11) is -3.01. The Labute approximate surface area is 124 Å². The van der Waals surface area contributed by atoms with Crippen molar-refractivity contribution in [1.82, 2.24) is 10.3 Å². The smallest absolute Gasteiger partial charge is 0.296 e. The number of rotatable bonds is 5. The Morgan fingerprint density at radius 3 is 2.95 bits per heavy atom. The van der Waals surface area contributed by atoms with Crippen LogP contribution >= 0.6 is 7.72 Å². The standard InChI is InChI=1S/C14H21N2O4P/c1-2-3-6-21(18,19)10-12-8-16-13(9-20-12)11-4-5-15-14(17)7-11/h4-5,7,10,13,16,18-19H,2-3,6,8-9H2,1H3/p+1/t13-/m0/s1. The van der Waals surface area contributed by atoms with Gasteiger partial charge in [0.15, 0.2) is 5.82 Å². The first-order chi connectivity index (χ1) is 10.00. The maximum atomic E-state index is 11.3. The molecular formula is C14H22N2O4P+. The average Bonchev–Trinajstić information content (AvgIpc) is 2.46. The van der Waals surface area contributed by atoms with Crippen LogP contribution in [0.25, 0.3) is 0 Å². The van der Waals surface area contributed by atoms with Gasteiger partial charge < -0.3 is 9.72 Å². The summed E-state index contributed by atoms with van der Waals surface area (Å²) in [6, 6.07) is 3.30. The lowest BCUT2D eigenvalue weighted by molar-refractivity contribution is 0.139. The summed E-state index contributed by atoms with van der Waals surface area (Å²) in [5.41, 5.74) is 0.712. The zero-order valence-corrected chi connectivity index (χ0v) is 13.0. The highest BCUT2D eigenvalue weighted by atomic mass is 31.2. The van der Waals surface area contributed by atoms with Crippen molar-refractivity contribution in [1.29, 1.82) is 0 Å². The highest BCUT2D eigenvalue weighted by Gasteiger charge is 2.32. The molecule has 21 heavy (non-hydrogen) atoms. The summed E-state index contributed by atoms with van der Waals surface area (Å²) in [5.74, 6) is 2.02. The topological polar surface area (TPSA) is 94.6 Å². The van der Waals surface area contributed by atoms with Crippen LogP contribution in [0.4, 0.5) is 0 Å². The van der Waals surface area contributed by atoms with Gasteiger partial charge in [-0.05, 0) is 18.1 Å². The molecule has 0 aromatic carbocycles. The van der Waals surface area contributed by atoms with Crippen LogP contribution in [0.3, 0.4) is 0 Å². The molecule has 7 heteroatoms. The van der Waals surface area contributed by atoms with Crippen LogP contribution in [0, 0.1) is 0 Å². The number of H-pyrrole nitrogens is 1. The molecular weight excluding hydrogens is 291 g/mol. The minimum atomic E-state index is -3.01. The molecule has 4 N–H and O–H groups in total. The van der Waals surface area contributed by atoms with E-state index < -0.39 is 7.72 Å². The molecule has 1 aromatic heterocycles. The van der Waals surface area contributed by atoms with E-state index in [1.54, 1.807) is 6.20 Å². The Morgan fingerprint density at radius 2 is 2.33 bits per heavy atom. The van der Waals surface area contributed by atoms with Crippen molar-refractivity contribution in [2.45, 2.75) is 25.8 Å². The predicted molar refractivity (Wildman–Crippen MR) is 83.0 cm³/mol. The van der Waals surface area contributed by atoms with Crippen molar-refractivity contribution in [2.24, 2.45) is 0 Å². The van der Waals surface area contributed by atoms with E-state index in [9.17, 15) is 14.6 Å². The predicted octanol–water partition coefficient (Wildman–Crippen LogP) is 1.51. The largest absolute Gasteiger partial charge is 0.491 e. The van der Waals surface area contributed by atoms with Crippen LogP contribution in [0.1, 0.15) is 31.4 Å². The highest BCUT2D eigenvalue weighted by molar-refractivity contribution is 7.67. The lowest BCUT2D eigenvalue weighted by atomic mass is 10.1. The lowest BCUT2D eigenvalue weighted by Crippen LogP contribution is -2.34. The number of ether oxygens (including phenoxy) is 1. The van der Waals surface area contributed by atoms with E-state index in [2.05, 4.69) is 10.3 Å². The molecule has 1 aromatic rings. The number of nitrogens with one attached hydrogen (secondary N) is 2. The van der Waals surface area contributed by atoms with Gasteiger partial charge in [-0.3, -0.25) is 10.1 Å². The number of unbranched alkanes of at least 4 members (excludes halogenated alkanes) is 1. The zero-order valence-electron chi connectivity index (χ0n) is 12.1. The van der Waals surface area contributed by atoms with Crippen LogP contribution in [0.2, 0.25) is 0 Å². The first-order valence-corrected chi connectivity index (χ1v) is 9.05. The lowest BCUT2D eigenvalue weighted by Gasteiger charge is -2.26. The van der Waals surface area contributed by atoms with E-state index in [4.69, 9.17) is 4.74 Å². The molecule has 1 aliphatic rings. The van der Waals surface area contributed by atoms with E-state index in [1.165, 1.54) is 11.9 Å². The van der Waals surface area contributed by atoms with Crippen molar-refractivity contribution < 1.29 is 14.5 Å². The maximum absolute atomic E-state index is 11.3. The quantitative estimate of drug-likeness (QED) is 0.618. The van der Waals surface area contributed by atoms with Gasteiger partial charge in [-0.1, -0.05) is 13.3 Å². The first-order valence-electron chi connectivity index (χ1n) is 7.10. The summed E-state index contributed by atoms with van der Waals surface area (Å²) >= 11 is 0. The Hall–Kier alpha value is -1.20. The number of aromatic amines is 1. The van der Waals surface area contributed by atoms with Gasteiger partial charge in [0.05, 0.1) is 12.6 Å². The Balaban J connectivity index is 1.95. The molecule has 0 unspecified atom stereocenters. The summed E-state index contributed by atoms with van der Waals surface area (Å²) < 4.78 is 5.59. The fourth-order valence-electron chi connectivity index (χ4n) is 2.19.